The topological polar surface area (TPSA) is 69.7 Å². The SMILES string of the molecule is CC(=O)NCC(=O)N1CC[C@]2(CCCN(CC3CCCCC3)C2=O)C1. The second kappa shape index (κ2) is 7.75. The number of carbonyl (C=O) groups is 3. The molecular formula is C19H31N3O3. The quantitative estimate of drug-likeness (QED) is 0.837. The van der Waals surface area contributed by atoms with Gasteiger partial charge in [0.05, 0.1) is 12.0 Å². The van der Waals surface area contributed by atoms with Crippen LogP contribution in [-0.4, -0.2) is 60.2 Å². The molecule has 6 heteroatoms. The first-order chi connectivity index (χ1) is 12.0. The molecule has 3 fully saturated rings. The van der Waals surface area contributed by atoms with Crippen LogP contribution in [0.15, 0.2) is 0 Å². The highest BCUT2D eigenvalue weighted by Crippen LogP contribution is 2.40. The highest BCUT2D eigenvalue weighted by atomic mass is 16.2. The molecule has 1 spiro atoms. The van der Waals surface area contributed by atoms with Crippen LogP contribution in [0.3, 0.4) is 0 Å². The van der Waals surface area contributed by atoms with Gasteiger partial charge in [-0.05, 0) is 38.0 Å². The Morgan fingerprint density at radius 1 is 1.12 bits per heavy atom. The fourth-order valence-electron chi connectivity index (χ4n) is 4.78. The van der Waals surface area contributed by atoms with Crippen molar-refractivity contribution in [2.45, 2.75) is 58.3 Å². The summed E-state index contributed by atoms with van der Waals surface area (Å²) in [5.74, 6) is 0.643. The van der Waals surface area contributed by atoms with Crippen molar-refractivity contribution in [3.8, 4) is 0 Å². The zero-order valence-electron chi connectivity index (χ0n) is 15.4. The Hall–Kier alpha value is -1.59. The molecule has 1 N–H and O–H groups in total. The lowest BCUT2D eigenvalue weighted by Crippen LogP contribution is -2.52. The van der Waals surface area contributed by atoms with Gasteiger partial charge >= 0.3 is 0 Å². The minimum absolute atomic E-state index is 0.0331. The molecule has 0 bridgehead atoms. The van der Waals surface area contributed by atoms with Gasteiger partial charge in [0.2, 0.25) is 17.7 Å². The molecule has 1 atom stereocenters. The molecule has 0 radical (unpaired) electrons. The van der Waals surface area contributed by atoms with Crippen LogP contribution in [-0.2, 0) is 14.4 Å². The largest absolute Gasteiger partial charge is 0.347 e. The highest BCUT2D eigenvalue weighted by Gasteiger charge is 2.49. The molecule has 3 rings (SSSR count). The number of likely N-dealkylation sites (tertiary alicyclic amines) is 2. The zero-order valence-corrected chi connectivity index (χ0v) is 15.4. The Morgan fingerprint density at radius 3 is 2.60 bits per heavy atom. The second-order valence-electron chi connectivity index (χ2n) is 8.11. The minimum atomic E-state index is -0.376. The van der Waals surface area contributed by atoms with Crippen molar-refractivity contribution in [1.29, 1.82) is 0 Å². The lowest BCUT2D eigenvalue weighted by molar-refractivity contribution is -0.147. The number of nitrogens with one attached hydrogen (secondary N) is 1. The summed E-state index contributed by atoms with van der Waals surface area (Å²) in [6, 6.07) is 0. The van der Waals surface area contributed by atoms with Crippen LogP contribution in [0.25, 0.3) is 0 Å². The van der Waals surface area contributed by atoms with E-state index in [0.29, 0.717) is 19.0 Å². The van der Waals surface area contributed by atoms with Crippen molar-refractivity contribution in [2.24, 2.45) is 11.3 Å². The van der Waals surface area contributed by atoms with Gasteiger partial charge in [-0.2, -0.15) is 0 Å². The van der Waals surface area contributed by atoms with Gasteiger partial charge in [-0.1, -0.05) is 19.3 Å². The third kappa shape index (κ3) is 4.15. The summed E-state index contributed by atoms with van der Waals surface area (Å²) in [7, 11) is 0. The Bertz CT molecular complexity index is 530. The van der Waals surface area contributed by atoms with Gasteiger partial charge in [0.1, 0.15) is 0 Å². The standard InChI is InChI=1S/C19H31N3O3/c1-15(23)20-12-17(24)22-11-9-19(14-22)8-5-10-21(18(19)25)13-16-6-3-2-4-7-16/h16H,2-14H2,1H3,(H,20,23)/t19-/m1/s1. The number of piperidine rings is 1. The average Bonchev–Trinajstić information content (AvgIpc) is 3.03. The lowest BCUT2D eigenvalue weighted by Gasteiger charge is -2.41. The Morgan fingerprint density at radius 2 is 1.88 bits per heavy atom. The first kappa shape index (κ1) is 18.2. The van der Waals surface area contributed by atoms with Crippen LogP contribution >= 0.6 is 0 Å². The van der Waals surface area contributed by atoms with E-state index in [9.17, 15) is 14.4 Å². The van der Waals surface area contributed by atoms with Crippen molar-refractivity contribution < 1.29 is 14.4 Å². The smallest absolute Gasteiger partial charge is 0.241 e. The van der Waals surface area contributed by atoms with Crippen molar-refractivity contribution in [1.82, 2.24) is 15.1 Å². The van der Waals surface area contributed by atoms with E-state index >= 15 is 0 Å². The molecular weight excluding hydrogens is 318 g/mol. The maximum atomic E-state index is 13.2. The fraction of sp³-hybridized carbons (Fsp3) is 0.842. The molecule has 3 aliphatic rings. The van der Waals surface area contributed by atoms with E-state index < -0.39 is 0 Å². The van der Waals surface area contributed by atoms with Gasteiger partial charge in [0.15, 0.2) is 0 Å². The second-order valence-corrected chi connectivity index (χ2v) is 8.11. The van der Waals surface area contributed by atoms with E-state index in [0.717, 1.165) is 32.4 Å². The molecule has 1 saturated carbocycles. The highest BCUT2D eigenvalue weighted by molar-refractivity contribution is 5.87. The van der Waals surface area contributed by atoms with E-state index in [1.807, 2.05) is 0 Å². The van der Waals surface area contributed by atoms with Crippen molar-refractivity contribution >= 4 is 17.7 Å². The average molecular weight is 349 g/mol. The predicted molar refractivity (Wildman–Crippen MR) is 94.7 cm³/mol. The summed E-state index contributed by atoms with van der Waals surface area (Å²) < 4.78 is 0. The molecule has 0 aromatic carbocycles. The van der Waals surface area contributed by atoms with Gasteiger partial charge in [-0.3, -0.25) is 14.4 Å². The van der Waals surface area contributed by atoms with Gasteiger partial charge < -0.3 is 15.1 Å². The molecule has 2 saturated heterocycles. The van der Waals surface area contributed by atoms with E-state index in [4.69, 9.17) is 0 Å². The van der Waals surface area contributed by atoms with Crippen LogP contribution in [0.4, 0.5) is 0 Å². The van der Waals surface area contributed by atoms with E-state index in [2.05, 4.69) is 10.2 Å². The summed E-state index contributed by atoms with van der Waals surface area (Å²) in [6.45, 7) is 4.36. The monoisotopic (exact) mass is 349 g/mol. The summed E-state index contributed by atoms with van der Waals surface area (Å²) in [5, 5.41) is 2.56. The summed E-state index contributed by atoms with van der Waals surface area (Å²) >= 11 is 0. The Labute approximate surface area is 150 Å². The summed E-state index contributed by atoms with van der Waals surface area (Å²) in [5.41, 5.74) is -0.376. The molecule has 0 aromatic rings. The Balaban J connectivity index is 1.58. The van der Waals surface area contributed by atoms with Gasteiger partial charge in [0.25, 0.3) is 0 Å². The molecule has 0 aromatic heterocycles. The molecule has 6 nitrogen and oxygen atoms in total. The summed E-state index contributed by atoms with van der Waals surface area (Å²) in [6.07, 6.45) is 9.10. The van der Waals surface area contributed by atoms with Crippen molar-refractivity contribution in [3.05, 3.63) is 0 Å². The minimum Gasteiger partial charge on any atom is -0.347 e. The molecule has 25 heavy (non-hydrogen) atoms. The van der Waals surface area contributed by atoms with Crippen molar-refractivity contribution in [3.63, 3.8) is 0 Å². The molecule has 2 aliphatic heterocycles. The number of carbonyl (C=O) groups excluding carboxylic acids is 3. The van der Waals surface area contributed by atoms with Crippen molar-refractivity contribution in [2.75, 3.05) is 32.7 Å². The number of rotatable bonds is 4. The van der Waals surface area contributed by atoms with Crippen LogP contribution < -0.4 is 5.32 Å². The third-order valence-corrected chi connectivity index (χ3v) is 6.22. The van der Waals surface area contributed by atoms with Gasteiger partial charge in [-0.25, -0.2) is 0 Å². The normalized spacial score (nSPS) is 27.8. The number of amides is 3. The first-order valence-corrected chi connectivity index (χ1v) is 9.82. The van der Waals surface area contributed by atoms with E-state index in [-0.39, 0.29) is 29.7 Å². The maximum Gasteiger partial charge on any atom is 0.241 e. The maximum absolute atomic E-state index is 13.2. The fourth-order valence-corrected chi connectivity index (χ4v) is 4.78. The predicted octanol–water partition coefficient (Wildman–Crippen LogP) is 1.54. The van der Waals surface area contributed by atoms with Gasteiger partial charge in [0, 0.05) is 33.1 Å². The van der Waals surface area contributed by atoms with Crippen LogP contribution in [0.2, 0.25) is 0 Å². The van der Waals surface area contributed by atoms with E-state index in [1.54, 1.807) is 4.90 Å². The van der Waals surface area contributed by atoms with E-state index in [1.165, 1.54) is 39.0 Å². The van der Waals surface area contributed by atoms with Crippen LogP contribution in [0, 0.1) is 11.3 Å². The van der Waals surface area contributed by atoms with Gasteiger partial charge in [-0.15, -0.1) is 0 Å². The number of hydrogen-bond acceptors (Lipinski definition) is 3. The molecule has 140 valence electrons. The molecule has 2 heterocycles. The molecule has 1 aliphatic carbocycles. The number of nitrogens with zero attached hydrogens (tertiary/aromatic N) is 2. The lowest BCUT2D eigenvalue weighted by atomic mass is 9.77. The summed E-state index contributed by atoms with van der Waals surface area (Å²) in [4.78, 5) is 40.3. The molecule has 3 amide bonds. The Kier molecular flexibility index (Phi) is 5.64. The van der Waals surface area contributed by atoms with Crippen LogP contribution in [0.1, 0.15) is 58.3 Å². The third-order valence-electron chi connectivity index (χ3n) is 6.22. The first-order valence-electron chi connectivity index (χ1n) is 9.82. The number of hydrogen-bond donors (Lipinski definition) is 1. The zero-order chi connectivity index (χ0) is 17.9. The molecule has 0 unspecified atom stereocenters. The van der Waals surface area contributed by atoms with Crippen LogP contribution in [0.5, 0.6) is 0 Å².